The van der Waals surface area contributed by atoms with Crippen LogP contribution in [0, 0.1) is 28.1 Å². The summed E-state index contributed by atoms with van der Waals surface area (Å²) in [6.45, 7) is 9.88. The number of hydrogen-bond donors (Lipinski definition) is 0. The highest BCUT2D eigenvalue weighted by Gasteiger charge is 3.00. The molecule has 3 rings (SSSR count). The normalized spacial score (nSPS) is 76.4. The van der Waals surface area contributed by atoms with Gasteiger partial charge in [-0.1, -0.05) is 27.7 Å². The Labute approximate surface area is 69.4 Å². The van der Waals surface area contributed by atoms with Crippen molar-refractivity contribution in [1.82, 2.24) is 0 Å². The fourth-order valence-electron chi connectivity index (χ4n) is 4.91. The third-order valence-corrected chi connectivity index (χ3v) is 6.17. The van der Waals surface area contributed by atoms with Crippen LogP contribution in [0.2, 0.25) is 0 Å². The van der Waals surface area contributed by atoms with Gasteiger partial charge in [0, 0.05) is 0 Å². The topological polar surface area (TPSA) is 0 Å². The van der Waals surface area contributed by atoms with Gasteiger partial charge in [0.25, 0.3) is 0 Å². The molecule has 3 aliphatic carbocycles. The number of rotatable bonds is 1. The Hall–Kier alpha value is 0. The van der Waals surface area contributed by atoms with Crippen molar-refractivity contribution in [3.05, 3.63) is 0 Å². The highest BCUT2D eigenvalue weighted by Crippen LogP contribution is 3.05. The molecule has 0 nitrogen and oxygen atoms in total. The minimum absolute atomic E-state index is 0.729. The molecule has 0 heterocycles. The Kier molecular flexibility index (Phi) is 0.709. The first-order valence-corrected chi connectivity index (χ1v) is 5.05. The maximum Gasteiger partial charge on any atom is -0.0144 e. The molecule has 0 amide bonds. The predicted octanol–water partition coefficient (Wildman–Crippen LogP) is 3.08. The van der Waals surface area contributed by atoms with Crippen molar-refractivity contribution in [2.24, 2.45) is 28.1 Å². The van der Waals surface area contributed by atoms with Gasteiger partial charge in [-0.2, -0.15) is 0 Å². The molecule has 5 unspecified atom stereocenters. The molecule has 62 valence electrons. The van der Waals surface area contributed by atoms with Crippen LogP contribution < -0.4 is 0 Å². The predicted molar refractivity (Wildman–Crippen MR) is 46.2 cm³/mol. The molecule has 0 saturated heterocycles. The number of hydrogen-bond acceptors (Lipinski definition) is 0. The fraction of sp³-hybridized carbons (Fsp3) is 1.00. The zero-order valence-corrected chi connectivity index (χ0v) is 8.07. The molecule has 1 spiro atoms. The Balaban J connectivity index is 2.02. The summed E-state index contributed by atoms with van der Waals surface area (Å²) < 4.78 is 0. The van der Waals surface area contributed by atoms with Gasteiger partial charge in [-0.05, 0) is 40.9 Å². The second-order valence-electron chi connectivity index (χ2n) is 5.50. The first kappa shape index (κ1) is 6.51. The van der Waals surface area contributed by atoms with E-state index in [0.29, 0.717) is 0 Å². The average molecular weight is 150 g/mol. The highest BCUT2D eigenvalue weighted by molar-refractivity contribution is 5.47. The van der Waals surface area contributed by atoms with Crippen LogP contribution >= 0.6 is 0 Å². The van der Waals surface area contributed by atoms with Gasteiger partial charge >= 0.3 is 0 Å². The van der Waals surface area contributed by atoms with Gasteiger partial charge in [0.2, 0.25) is 0 Å². The summed E-state index contributed by atoms with van der Waals surface area (Å²) in [5, 5.41) is 0. The van der Waals surface area contributed by atoms with Crippen LogP contribution in [0.1, 0.15) is 40.5 Å². The van der Waals surface area contributed by atoms with Crippen LogP contribution in [-0.2, 0) is 0 Å². The summed E-state index contributed by atoms with van der Waals surface area (Å²) in [5.74, 6) is 2.15. The Bertz CT molecular complexity index is 244. The molecule has 0 radical (unpaired) electrons. The van der Waals surface area contributed by atoms with Crippen molar-refractivity contribution in [3.8, 4) is 0 Å². The maximum atomic E-state index is 2.52. The van der Waals surface area contributed by atoms with E-state index in [2.05, 4.69) is 27.7 Å². The van der Waals surface area contributed by atoms with E-state index in [1.807, 2.05) is 0 Å². The SMILES string of the molecule is CCC1(C)C(C)C2(C)C3CC312. The molecule has 3 aliphatic rings. The molecular weight excluding hydrogens is 132 g/mol. The van der Waals surface area contributed by atoms with Gasteiger partial charge in [-0.25, -0.2) is 0 Å². The van der Waals surface area contributed by atoms with E-state index in [4.69, 9.17) is 0 Å². The van der Waals surface area contributed by atoms with Crippen LogP contribution in [0.4, 0.5) is 0 Å². The van der Waals surface area contributed by atoms with E-state index in [1.165, 1.54) is 6.42 Å². The van der Waals surface area contributed by atoms with Crippen LogP contribution in [-0.4, -0.2) is 0 Å². The summed E-state index contributed by atoms with van der Waals surface area (Å²) in [4.78, 5) is 0. The molecule has 0 aromatic rings. The Morgan fingerprint density at radius 1 is 1.36 bits per heavy atom. The summed E-state index contributed by atoms with van der Waals surface area (Å²) in [6.07, 6.45) is 2.97. The van der Waals surface area contributed by atoms with Crippen molar-refractivity contribution in [2.75, 3.05) is 0 Å². The molecule has 0 aliphatic heterocycles. The summed E-state index contributed by atoms with van der Waals surface area (Å²) >= 11 is 0. The Morgan fingerprint density at radius 2 is 2.00 bits per heavy atom. The monoisotopic (exact) mass is 150 g/mol. The zero-order valence-electron chi connectivity index (χ0n) is 8.07. The largest absolute Gasteiger partial charge is 0.0648 e. The molecule has 5 atom stereocenters. The van der Waals surface area contributed by atoms with E-state index in [9.17, 15) is 0 Å². The summed E-state index contributed by atoms with van der Waals surface area (Å²) in [6, 6.07) is 0. The third-order valence-electron chi connectivity index (χ3n) is 6.17. The van der Waals surface area contributed by atoms with Crippen molar-refractivity contribution >= 4 is 0 Å². The molecule has 0 aromatic heterocycles. The van der Waals surface area contributed by atoms with Crippen molar-refractivity contribution in [2.45, 2.75) is 40.5 Å². The van der Waals surface area contributed by atoms with Gasteiger partial charge in [0.15, 0.2) is 0 Å². The molecule has 0 aromatic carbocycles. The lowest BCUT2D eigenvalue weighted by Gasteiger charge is -2.57. The lowest BCUT2D eigenvalue weighted by molar-refractivity contribution is -0.0951. The molecule has 0 heteroatoms. The first-order valence-electron chi connectivity index (χ1n) is 5.05. The number of fused-ring (bicyclic) bond motifs is 1. The third kappa shape index (κ3) is 0.302. The maximum absolute atomic E-state index is 2.52. The van der Waals surface area contributed by atoms with Gasteiger partial charge in [0.1, 0.15) is 0 Å². The second kappa shape index (κ2) is 1.20. The molecule has 0 bridgehead atoms. The van der Waals surface area contributed by atoms with Crippen LogP contribution in [0.25, 0.3) is 0 Å². The van der Waals surface area contributed by atoms with Crippen molar-refractivity contribution in [3.63, 3.8) is 0 Å². The minimum atomic E-state index is 0.729. The zero-order chi connectivity index (χ0) is 8.07. The summed E-state index contributed by atoms with van der Waals surface area (Å²) in [7, 11) is 0. The van der Waals surface area contributed by atoms with E-state index in [0.717, 1.165) is 28.1 Å². The lowest BCUT2D eigenvalue weighted by atomic mass is 9.47. The molecule has 3 fully saturated rings. The van der Waals surface area contributed by atoms with Gasteiger partial charge < -0.3 is 0 Å². The fourth-order valence-corrected chi connectivity index (χ4v) is 4.91. The molecule has 0 N–H and O–H groups in total. The Morgan fingerprint density at radius 3 is 2.18 bits per heavy atom. The van der Waals surface area contributed by atoms with E-state index >= 15 is 0 Å². The highest BCUT2D eigenvalue weighted by atomic mass is 15.0. The lowest BCUT2D eigenvalue weighted by Crippen LogP contribution is -2.51. The van der Waals surface area contributed by atoms with Crippen LogP contribution in [0.3, 0.4) is 0 Å². The smallest absolute Gasteiger partial charge is 0.0144 e. The minimum Gasteiger partial charge on any atom is -0.0648 e. The van der Waals surface area contributed by atoms with E-state index in [-0.39, 0.29) is 0 Å². The van der Waals surface area contributed by atoms with Gasteiger partial charge in [-0.3, -0.25) is 0 Å². The first-order chi connectivity index (χ1) is 5.05. The standard InChI is InChI=1S/C11H18/c1-5-9(3)7(2)10(4)8-6-11(8,9)10/h7-8H,5-6H2,1-4H3. The van der Waals surface area contributed by atoms with Crippen molar-refractivity contribution < 1.29 is 0 Å². The van der Waals surface area contributed by atoms with E-state index < -0.39 is 0 Å². The second-order valence-corrected chi connectivity index (χ2v) is 5.50. The van der Waals surface area contributed by atoms with Crippen molar-refractivity contribution in [1.29, 1.82) is 0 Å². The van der Waals surface area contributed by atoms with Crippen LogP contribution in [0.5, 0.6) is 0 Å². The quantitative estimate of drug-likeness (QED) is 0.539. The van der Waals surface area contributed by atoms with Gasteiger partial charge in [-0.15, -0.1) is 0 Å². The average Bonchev–Trinajstić information content (AvgIpc) is 2.85. The van der Waals surface area contributed by atoms with Crippen LogP contribution in [0.15, 0.2) is 0 Å². The van der Waals surface area contributed by atoms with Gasteiger partial charge in [0.05, 0.1) is 0 Å². The summed E-state index contributed by atoms with van der Waals surface area (Å²) in [5.41, 5.74) is 2.42. The molecule has 3 saturated carbocycles. The molecule has 11 heavy (non-hydrogen) atoms. The molecular formula is C11H18. The van der Waals surface area contributed by atoms with E-state index in [1.54, 1.807) is 6.42 Å².